The smallest absolute Gasteiger partial charge is 0.412 e. The monoisotopic (exact) mass is 477 g/mol. The molecule has 1 amide bonds. The Labute approximate surface area is 190 Å². The number of pyridine rings is 1. The lowest BCUT2D eigenvalue weighted by Gasteiger charge is -2.21. The second kappa shape index (κ2) is 8.29. The molecule has 0 saturated heterocycles. The maximum atomic E-state index is 13.1. The van der Waals surface area contributed by atoms with Crippen LogP contribution in [0.2, 0.25) is 0 Å². The molecule has 0 radical (unpaired) electrons. The lowest BCUT2D eigenvalue weighted by atomic mass is 9.99. The minimum atomic E-state index is -3.28. The van der Waals surface area contributed by atoms with Crippen LogP contribution in [0.5, 0.6) is 0 Å². The highest BCUT2D eigenvalue weighted by Gasteiger charge is 2.29. The number of benzene rings is 1. The van der Waals surface area contributed by atoms with Crippen LogP contribution >= 0.6 is 11.6 Å². The number of halogens is 1. The third-order valence-corrected chi connectivity index (χ3v) is 6.81. The van der Waals surface area contributed by atoms with Crippen molar-refractivity contribution in [2.45, 2.75) is 31.7 Å². The number of hydrogen-bond donors (Lipinski definition) is 1. The Bertz CT molecular complexity index is 1390. The van der Waals surface area contributed by atoms with Crippen molar-refractivity contribution in [1.29, 1.82) is 0 Å². The molecule has 2 aromatic heterocycles. The molecule has 3 heterocycles. The summed E-state index contributed by atoms with van der Waals surface area (Å²) in [4.78, 5) is 26.5. The molecule has 0 unspecified atom stereocenters. The van der Waals surface area contributed by atoms with E-state index in [1.54, 1.807) is 31.4 Å². The Kier molecular flexibility index (Phi) is 5.81. The van der Waals surface area contributed by atoms with E-state index in [4.69, 9.17) is 11.6 Å². The van der Waals surface area contributed by atoms with E-state index in [-0.39, 0.29) is 17.9 Å². The fraction of sp³-hybridized carbons (Fsp3) is 0.364. The number of fused-ring (bicyclic) bond motifs is 2. The van der Waals surface area contributed by atoms with Gasteiger partial charge in [0.15, 0.2) is 9.84 Å². The number of alkyl halides is 1. The third kappa shape index (κ3) is 4.02. The predicted molar refractivity (Wildman–Crippen MR) is 125 cm³/mol. The molecule has 170 valence electrons. The first-order valence-electron chi connectivity index (χ1n) is 10.2. The fourth-order valence-corrected chi connectivity index (χ4v) is 5.33. The maximum Gasteiger partial charge on any atom is 0.412 e. The Balaban J connectivity index is 2.02. The van der Waals surface area contributed by atoms with Crippen LogP contribution in [0.15, 0.2) is 35.4 Å². The van der Waals surface area contributed by atoms with Gasteiger partial charge in [-0.1, -0.05) is 6.07 Å². The van der Waals surface area contributed by atoms with Crippen LogP contribution in [0.25, 0.3) is 22.0 Å². The largest absolute Gasteiger partial charge is 0.465 e. The van der Waals surface area contributed by atoms with Gasteiger partial charge in [-0.05, 0) is 36.1 Å². The van der Waals surface area contributed by atoms with Crippen molar-refractivity contribution >= 4 is 44.1 Å². The molecule has 1 N–H and O–H groups in total. The number of anilines is 1. The summed E-state index contributed by atoms with van der Waals surface area (Å²) in [6.45, 7) is 0.683. The summed E-state index contributed by atoms with van der Waals surface area (Å²) in [5.74, 6) is 0.368. The van der Waals surface area contributed by atoms with Crippen molar-refractivity contribution in [3.8, 4) is 11.1 Å². The molecule has 0 fully saturated rings. The molecule has 32 heavy (non-hydrogen) atoms. The second-order valence-electron chi connectivity index (χ2n) is 8.22. The summed E-state index contributed by atoms with van der Waals surface area (Å²) in [5, 5.41) is 10.6. The molecule has 0 atom stereocenters. The van der Waals surface area contributed by atoms with Crippen molar-refractivity contribution in [1.82, 2.24) is 9.13 Å². The number of rotatable bonds is 6. The molecule has 10 heteroatoms. The number of unbranched alkanes of at least 4 members (excludes halogenated alkanes) is 1. The van der Waals surface area contributed by atoms with Gasteiger partial charge in [-0.15, -0.1) is 11.6 Å². The number of carboxylic acid groups (broad SMARTS) is 1. The maximum absolute atomic E-state index is 13.1. The van der Waals surface area contributed by atoms with Gasteiger partial charge in [-0.3, -0.25) is 9.69 Å². The number of aryl methyl sites for hydroxylation is 2. The summed E-state index contributed by atoms with van der Waals surface area (Å²) in [6.07, 6.45) is 5.18. The van der Waals surface area contributed by atoms with E-state index in [0.29, 0.717) is 45.7 Å². The Morgan fingerprint density at radius 3 is 2.59 bits per heavy atom. The van der Waals surface area contributed by atoms with Gasteiger partial charge in [0, 0.05) is 54.6 Å². The van der Waals surface area contributed by atoms with Gasteiger partial charge in [0.1, 0.15) is 5.52 Å². The summed E-state index contributed by atoms with van der Waals surface area (Å²) < 4.78 is 27.1. The van der Waals surface area contributed by atoms with E-state index in [1.807, 2.05) is 10.8 Å². The average molecular weight is 478 g/mol. The van der Waals surface area contributed by atoms with Crippen LogP contribution in [-0.2, 0) is 35.7 Å². The van der Waals surface area contributed by atoms with E-state index in [0.717, 1.165) is 24.7 Å². The molecule has 1 aliphatic heterocycles. The molecular weight excluding hydrogens is 454 g/mol. The Morgan fingerprint density at radius 2 is 1.94 bits per heavy atom. The predicted octanol–water partition coefficient (Wildman–Crippen LogP) is 3.57. The molecular formula is C22H24ClN3O5S. The van der Waals surface area contributed by atoms with Gasteiger partial charge in [0.05, 0.1) is 18.0 Å². The zero-order valence-corrected chi connectivity index (χ0v) is 19.4. The zero-order chi connectivity index (χ0) is 23.2. The van der Waals surface area contributed by atoms with E-state index in [1.165, 1.54) is 9.47 Å². The SMILES string of the molecule is Cn1cc2c3c(cn(CCCCCl)c3c1=O)CN(C(=O)O)c1ccc(CS(C)(=O)=O)cc1-2. The minimum absolute atomic E-state index is 0.0902. The van der Waals surface area contributed by atoms with Crippen molar-refractivity contribution in [2.75, 3.05) is 17.0 Å². The molecule has 4 rings (SSSR count). The lowest BCUT2D eigenvalue weighted by molar-refractivity contribution is 0.201. The first kappa shape index (κ1) is 22.4. The molecule has 0 bridgehead atoms. The molecule has 1 aliphatic rings. The lowest BCUT2D eigenvalue weighted by Crippen LogP contribution is -2.28. The highest BCUT2D eigenvalue weighted by molar-refractivity contribution is 7.89. The average Bonchev–Trinajstić information content (AvgIpc) is 3.00. The quantitative estimate of drug-likeness (QED) is 0.432. The molecule has 0 saturated carbocycles. The van der Waals surface area contributed by atoms with Gasteiger partial charge in [-0.25, -0.2) is 13.2 Å². The van der Waals surface area contributed by atoms with Crippen LogP contribution in [0.1, 0.15) is 24.0 Å². The fourth-order valence-electron chi connectivity index (χ4n) is 4.36. The summed E-state index contributed by atoms with van der Waals surface area (Å²) >= 11 is 5.81. The third-order valence-electron chi connectivity index (χ3n) is 5.68. The van der Waals surface area contributed by atoms with E-state index >= 15 is 0 Å². The summed E-state index contributed by atoms with van der Waals surface area (Å²) in [5.41, 5.74) is 3.40. The Morgan fingerprint density at radius 1 is 1.19 bits per heavy atom. The standard InChI is InChI=1S/C22H24ClN3O5S/c1-24-12-17-16-9-14(13-32(2,30)31)5-6-18(16)26(22(28)29)11-15-10-25(8-4-3-7-23)20(19(15)17)21(24)27/h5-6,9-10,12H,3-4,7-8,11,13H2,1-2H3,(H,28,29). The second-order valence-corrected chi connectivity index (χ2v) is 10.7. The van der Waals surface area contributed by atoms with E-state index < -0.39 is 15.9 Å². The summed E-state index contributed by atoms with van der Waals surface area (Å²) in [7, 11) is -1.62. The van der Waals surface area contributed by atoms with Crippen molar-refractivity contribution in [3.05, 3.63) is 52.1 Å². The van der Waals surface area contributed by atoms with Crippen LogP contribution in [0.3, 0.4) is 0 Å². The van der Waals surface area contributed by atoms with Gasteiger partial charge in [0.2, 0.25) is 0 Å². The molecule has 8 nitrogen and oxygen atoms in total. The highest BCUT2D eigenvalue weighted by atomic mass is 35.5. The van der Waals surface area contributed by atoms with Gasteiger partial charge >= 0.3 is 6.09 Å². The van der Waals surface area contributed by atoms with Crippen LogP contribution in [-0.4, -0.2) is 40.9 Å². The number of carbonyl (C=O) groups is 1. The summed E-state index contributed by atoms with van der Waals surface area (Å²) in [6, 6.07) is 4.99. The molecule has 0 spiro atoms. The van der Waals surface area contributed by atoms with Gasteiger partial charge < -0.3 is 14.2 Å². The zero-order valence-electron chi connectivity index (χ0n) is 17.8. The van der Waals surface area contributed by atoms with Crippen molar-refractivity contribution in [2.24, 2.45) is 7.05 Å². The number of aromatic nitrogens is 2. The number of amides is 1. The first-order chi connectivity index (χ1) is 15.1. The van der Waals surface area contributed by atoms with Crippen LogP contribution in [0, 0.1) is 0 Å². The highest BCUT2D eigenvalue weighted by Crippen LogP contribution is 2.41. The Hall–Kier alpha value is -2.78. The van der Waals surface area contributed by atoms with Crippen molar-refractivity contribution in [3.63, 3.8) is 0 Å². The molecule has 0 aliphatic carbocycles. The topological polar surface area (TPSA) is 102 Å². The number of hydrogen-bond acceptors (Lipinski definition) is 4. The number of sulfone groups is 1. The van der Waals surface area contributed by atoms with Crippen LogP contribution in [0.4, 0.5) is 10.5 Å². The number of nitrogens with zero attached hydrogens (tertiary/aromatic N) is 3. The molecule has 3 aromatic rings. The first-order valence-corrected chi connectivity index (χ1v) is 12.8. The van der Waals surface area contributed by atoms with Gasteiger partial charge in [0.25, 0.3) is 5.56 Å². The van der Waals surface area contributed by atoms with E-state index in [2.05, 4.69) is 0 Å². The van der Waals surface area contributed by atoms with Crippen LogP contribution < -0.4 is 10.5 Å². The molecule has 1 aromatic carbocycles. The van der Waals surface area contributed by atoms with Crippen molar-refractivity contribution < 1.29 is 18.3 Å². The van der Waals surface area contributed by atoms with E-state index in [9.17, 15) is 23.1 Å². The normalized spacial score (nSPS) is 13.3. The minimum Gasteiger partial charge on any atom is -0.465 e. The van der Waals surface area contributed by atoms with Gasteiger partial charge in [-0.2, -0.15) is 0 Å².